The van der Waals surface area contributed by atoms with E-state index in [0.717, 1.165) is 31.4 Å². The fraction of sp³-hybridized carbons (Fsp3) is 0.571. The molecule has 19 heavy (non-hydrogen) atoms. The number of aliphatic hydroxyl groups is 1. The zero-order valence-corrected chi connectivity index (χ0v) is 11.6. The summed E-state index contributed by atoms with van der Waals surface area (Å²) in [6.07, 6.45) is 2.52. The van der Waals surface area contributed by atoms with Crippen LogP contribution in [0.1, 0.15) is 32.3 Å². The summed E-state index contributed by atoms with van der Waals surface area (Å²) in [6.45, 7) is 5.19. The Labute approximate surface area is 113 Å². The third kappa shape index (κ3) is 5.81. The van der Waals surface area contributed by atoms with E-state index in [1.807, 2.05) is 13.8 Å². The van der Waals surface area contributed by atoms with Crippen molar-refractivity contribution in [2.45, 2.75) is 38.7 Å². The quantitative estimate of drug-likeness (QED) is 0.430. The average molecular weight is 266 g/mol. The molecule has 0 saturated carbocycles. The van der Waals surface area contributed by atoms with Crippen LogP contribution in [0.2, 0.25) is 0 Å². The molecule has 1 rings (SSSR count). The molecule has 0 aliphatic carbocycles. The molecule has 0 radical (unpaired) electrons. The molecule has 5 heteroatoms. The lowest BCUT2D eigenvalue weighted by atomic mass is 10.0. The number of hydrogen-bond acceptors (Lipinski definition) is 4. The second-order valence-corrected chi connectivity index (χ2v) is 5.10. The van der Waals surface area contributed by atoms with Crippen LogP contribution in [-0.2, 0) is 6.42 Å². The highest BCUT2D eigenvalue weighted by atomic mass is 16.6. The first-order valence-electron chi connectivity index (χ1n) is 6.61. The lowest BCUT2D eigenvalue weighted by molar-refractivity contribution is -0.384. The van der Waals surface area contributed by atoms with Gasteiger partial charge < -0.3 is 10.4 Å². The van der Waals surface area contributed by atoms with Crippen LogP contribution in [0.25, 0.3) is 0 Å². The number of nitro benzene ring substituents is 1. The molecule has 0 aliphatic heterocycles. The molecule has 0 heterocycles. The van der Waals surface area contributed by atoms with Gasteiger partial charge in [0.25, 0.3) is 5.69 Å². The van der Waals surface area contributed by atoms with Crippen LogP contribution in [0.15, 0.2) is 24.3 Å². The highest BCUT2D eigenvalue weighted by molar-refractivity contribution is 5.32. The van der Waals surface area contributed by atoms with Gasteiger partial charge in [-0.05, 0) is 31.9 Å². The van der Waals surface area contributed by atoms with Crippen molar-refractivity contribution < 1.29 is 10.0 Å². The molecule has 2 N–H and O–H groups in total. The summed E-state index contributed by atoms with van der Waals surface area (Å²) < 4.78 is 0. The zero-order chi connectivity index (χ0) is 14.3. The van der Waals surface area contributed by atoms with E-state index in [4.69, 9.17) is 0 Å². The van der Waals surface area contributed by atoms with Crippen molar-refractivity contribution in [1.29, 1.82) is 0 Å². The average Bonchev–Trinajstić information content (AvgIpc) is 2.35. The molecule has 0 aromatic heterocycles. The van der Waals surface area contributed by atoms with Crippen LogP contribution < -0.4 is 5.32 Å². The van der Waals surface area contributed by atoms with E-state index in [9.17, 15) is 15.2 Å². The molecule has 0 saturated heterocycles. The van der Waals surface area contributed by atoms with Gasteiger partial charge in [-0.3, -0.25) is 10.1 Å². The standard InChI is InChI=1S/C14H22N2O3/c1-3-9-14(2,17)11-15-10-8-12-4-6-13(7-5-12)16(18)19/h4-7,15,17H,3,8-11H2,1-2H3. The molecule has 0 amide bonds. The summed E-state index contributed by atoms with van der Waals surface area (Å²) in [5.41, 5.74) is 0.500. The number of nitrogens with zero attached hydrogens (tertiary/aromatic N) is 1. The van der Waals surface area contributed by atoms with Gasteiger partial charge in [0, 0.05) is 18.7 Å². The SMILES string of the molecule is CCCC(C)(O)CNCCc1ccc([N+](=O)[O-])cc1. The number of hydrogen-bond donors (Lipinski definition) is 2. The van der Waals surface area contributed by atoms with E-state index in [2.05, 4.69) is 5.32 Å². The van der Waals surface area contributed by atoms with Gasteiger partial charge in [0.2, 0.25) is 0 Å². The zero-order valence-electron chi connectivity index (χ0n) is 11.6. The monoisotopic (exact) mass is 266 g/mol. The maximum atomic E-state index is 10.5. The Morgan fingerprint density at radius 3 is 2.53 bits per heavy atom. The first kappa shape index (κ1) is 15.6. The summed E-state index contributed by atoms with van der Waals surface area (Å²) in [6, 6.07) is 6.57. The fourth-order valence-corrected chi connectivity index (χ4v) is 2.00. The van der Waals surface area contributed by atoms with Gasteiger partial charge in [0.15, 0.2) is 0 Å². The lowest BCUT2D eigenvalue weighted by Crippen LogP contribution is -2.38. The molecule has 0 bridgehead atoms. The normalized spacial score (nSPS) is 14.1. The Kier molecular flexibility index (Phi) is 5.92. The summed E-state index contributed by atoms with van der Waals surface area (Å²) in [4.78, 5) is 10.1. The molecule has 0 fully saturated rings. The van der Waals surface area contributed by atoms with Crippen LogP contribution in [-0.4, -0.2) is 28.7 Å². The largest absolute Gasteiger partial charge is 0.389 e. The van der Waals surface area contributed by atoms with E-state index < -0.39 is 10.5 Å². The van der Waals surface area contributed by atoms with Crippen molar-refractivity contribution in [3.63, 3.8) is 0 Å². The first-order valence-corrected chi connectivity index (χ1v) is 6.61. The smallest absolute Gasteiger partial charge is 0.269 e. The van der Waals surface area contributed by atoms with E-state index in [1.165, 1.54) is 12.1 Å². The third-order valence-electron chi connectivity index (χ3n) is 3.03. The Balaban J connectivity index is 2.31. The third-order valence-corrected chi connectivity index (χ3v) is 3.03. The van der Waals surface area contributed by atoms with Gasteiger partial charge in [-0.25, -0.2) is 0 Å². The highest BCUT2D eigenvalue weighted by Gasteiger charge is 2.17. The molecular formula is C14H22N2O3. The molecule has 0 aliphatic rings. The van der Waals surface area contributed by atoms with Gasteiger partial charge in [-0.15, -0.1) is 0 Å². The molecule has 0 spiro atoms. The fourth-order valence-electron chi connectivity index (χ4n) is 2.00. The number of nitrogens with one attached hydrogen (secondary N) is 1. The highest BCUT2D eigenvalue weighted by Crippen LogP contribution is 2.12. The van der Waals surface area contributed by atoms with Crippen molar-refractivity contribution in [3.05, 3.63) is 39.9 Å². The Morgan fingerprint density at radius 2 is 2.00 bits per heavy atom. The van der Waals surface area contributed by atoms with Gasteiger partial charge >= 0.3 is 0 Å². The van der Waals surface area contributed by atoms with Gasteiger partial charge in [0.05, 0.1) is 10.5 Å². The van der Waals surface area contributed by atoms with Crippen molar-refractivity contribution in [2.75, 3.05) is 13.1 Å². The Morgan fingerprint density at radius 1 is 1.37 bits per heavy atom. The minimum atomic E-state index is -0.662. The van der Waals surface area contributed by atoms with E-state index >= 15 is 0 Å². The topological polar surface area (TPSA) is 75.4 Å². The van der Waals surface area contributed by atoms with Gasteiger partial charge in [0.1, 0.15) is 0 Å². The van der Waals surface area contributed by atoms with Crippen LogP contribution in [0, 0.1) is 10.1 Å². The van der Waals surface area contributed by atoms with E-state index in [1.54, 1.807) is 12.1 Å². The summed E-state index contributed by atoms with van der Waals surface area (Å²) in [7, 11) is 0. The van der Waals surface area contributed by atoms with Crippen LogP contribution in [0.3, 0.4) is 0 Å². The van der Waals surface area contributed by atoms with Gasteiger partial charge in [-0.1, -0.05) is 25.5 Å². The number of non-ortho nitro benzene ring substituents is 1. The predicted molar refractivity (Wildman–Crippen MR) is 75.2 cm³/mol. The van der Waals surface area contributed by atoms with Crippen molar-refractivity contribution in [1.82, 2.24) is 5.32 Å². The molecule has 1 unspecified atom stereocenters. The van der Waals surface area contributed by atoms with Crippen molar-refractivity contribution in [2.24, 2.45) is 0 Å². The molecule has 5 nitrogen and oxygen atoms in total. The summed E-state index contributed by atoms with van der Waals surface area (Å²) in [5, 5.41) is 23.7. The van der Waals surface area contributed by atoms with Gasteiger partial charge in [-0.2, -0.15) is 0 Å². The van der Waals surface area contributed by atoms with Crippen LogP contribution in [0.5, 0.6) is 0 Å². The maximum absolute atomic E-state index is 10.5. The van der Waals surface area contributed by atoms with Crippen LogP contribution >= 0.6 is 0 Å². The van der Waals surface area contributed by atoms with Crippen LogP contribution in [0.4, 0.5) is 5.69 Å². The second kappa shape index (κ2) is 7.21. The maximum Gasteiger partial charge on any atom is 0.269 e. The molecule has 1 aromatic carbocycles. The van der Waals surface area contributed by atoms with Crippen molar-refractivity contribution >= 4 is 5.69 Å². The number of benzene rings is 1. The molecular weight excluding hydrogens is 244 g/mol. The minimum absolute atomic E-state index is 0.114. The molecule has 1 atom stereocenters. The predicted octanol–water partition coefficient (Wildman–Crippen LogP) is 2.28. The lowest BCUT2D eigenvalue weighted by Gasteiger charge is -2.23. The first-order chi connectivity index (χ1) is 8.94. The second-order valence-electron chi connectivity index (χ2n) is 5.10. The minimum Gasteiger partial charge on any atom is -0.389 e. The summed E-state index contributed by atoms with van der Waals surface area (Å²) in [5.74, 6) is 0. The molecule has 1 aromatic rings. The van der Waals surface area contributed by atoms with E-state index in [-0.39, 0.29) is 5.69 Å². The molecule has 106 valence electrons. The number of rotatable bonds is 8. The van der Waals surface area contributed by atoms with Crippen molar-refractivity contribution in [3.8, 4) is 0 Å². The number of nitro groups is 1. The Bertz CT molecular complexity index is 402. The summed E-state index contributed by atoms with van der Waals surface area (Å²) >= 11 is 0. The Hall–Kier alpha value is -1.46. The van der Waals surface area contributed by atoms with E-state index in [0.29, 0.717) is 6.54 Å².